The van der Waals surface area contributed by atoms with Crippen molar-refractivity contribution in [1.82, 2.24) is 9.88 Å². The van der Waals surface area contributed by atoms with E-state index in [9.17, 15) is 4.79 Å². The van der Waals surface area contributed by atoms with Crippen LogP contribution in [0.5, 0.6) is 0 Å². The van der Waals surface area contributed by atoms with Gasteiger partial charge >= 0.3 is 0 Å². The number of carbonyl (C=O) groups is 1. The van der Waals surface area contributed by atoms with Gasteiger partial charge in [0.25, 0.3) is 5.91 Å². The predicted octanol–water partition coefficient (Wildman–Crippen LogP) is 0.501. The largest absolute Gasteiger partial charge is 0.392 e. The Morgan fingerprint density at radius 1 is 1.85 bits per heavy atom. The van der Waals surface area contributed by atoms with Crippen LogP contribution in [0, 0.1) is 0 Å². The molecule has 4 nitrogen and oxygen atoms in total. The van der Waals surface area contributed by atoms with Gasteiger partial charge in [0.2, 0.25) is 0 Å². The molecule has 0 aliphatic carbocycles. The van der Waals surface area contributed by atoms with Crippen LogP contribution in [0.25, 0.3) is 0 Å². The number of aromatic nitrogens is 1. The highest BCUT2D eigenvalue weighted by Gasteiger charge is 2.13. The molecule has 0 atom stereocenters. The Bertz CT molecular complexity index is 310. The molecular formula is C7H9N3OS2. The average Bonchev–Trinajstić information content (AvgIpc) is 2.53. The first-order chi connectivity index (χ1) is 6.11. The van der Waals surface area contributed by atoms with Crippen molar-refractivity contribution < 1.29 is 4.79 Å². The highest BCUT2D eigenvalue weighted by molar-refractivity contribution is 7.80. The molecule has 0 aliphatic rings. The van der Waals surface area contributed by atoms with E-state index >= 15 is 0 Å². The second kappa shape index (κ2) is 4.29. The Morgan fingerprint density at radius 3 is 3.00 bits per heavy atom. The number of hydrogen-bond acceptors (Lipinski definition) is 4. The second-order valence-electron chi connectivity index (χ2n) is 2.50. The molecule has 0 aliphatic heterocycles. The van der Waals surface area contributed by atoms with Gasteiger partial charge in [0.1, 0.15) is 5.69 Å². The summed E-state index contributed by atoms with van der Waals surface area (Å²) in [6.07, 6.45) is 0. The number of nitrogens with two attached hydrogens (primary N) is 1. The lowest BCUT2D eigenvalue weighted by atomic mass is 10.4. The summed E-state index contributed by atoms with van der Waals surface area (Å²) in [6.45, 7) is 0.283. The molecule has 0 saturated heterocycles. The third-order valence-corrected chi connectivity index (χ3v) is 2.11. The molecule has 0 radical (unpaired) electrons. The Hall–Kier alpha value is -1.01. The van der Waals surface area contributed by atoms with E-state index in [4.69, 9.17) is 5.73 Å². The molecule has 2 N–H and O–H groups in total. The number of thiocarbonyl (C=S) groups is 1. The number of hydrogen-bond donors (Lipinski definition) is 1. The van der Waals surface area contributed by atoms with Gasteiger partial charge in [-0.2, -0.15) is 0 Å². The molecule has 0 bridgehead atoms. The van der Waals surface area contributed by atoms with Gasteiger partial charge in [0.05, 0.1) is 17.0 Å². The molecule has 0 fully saturated rings. The third kappa shape index (κ3) is 2.74. The van der Waals surface area contributed by atoms with Crippen molar-refractivity contribution in [3.63, 3.8) is 0 Å². The maximum Gasteiger partial charge on any atom is 0.273 e. The maximum atomic E-state index is 11.5. The van der Waals surface area contributed by atoms with E-state index in [1.807, 2.05) is 0 Å². The van der Waals surface area contributed by atoms with Crippen LogP contribution >= 0.6 is 23.6 Å². The summed E-state index contributed by atoms with van der Waals surface area (Å²) in [6, 6.07) is 0. The molecule has 0 spiro atoms. The minimum Gasteiger partial charge on any atom is -0.392 e. The Morgan fingerprint density at radius 2 is 2.54 bits per heavy atom. The Labute approximate surface area is 85.4 Å². The molecule has 1 rings (SSSR count). The fraction of sp³-hybridized carbons (Fsp3) is 0.286. The quantitative estimate of drug-likeness (QED) is 0.746. The van der Waals surface area contributed by atoms with Gasteiger partial charge in [-0.1, -0.05) is 12.2 Å². The lowest BCUT2D eigenvalue weighted by Crippen LogP contribution is -2.34. The van der Waals surface area contributed by atoms with Crippen LogP contribution in [0.15, 0.2) is 10.9 Å². The van der Waals surface area contributed by atoms with Crippen molar-refractivity contribution in [2.45, 2.75) is 0 Å². The number of nitrogens with zero attached hydrogens (tertiary/aromatic N) is 2. The number of amides is 1. The zero-order chi connectivity index (χ0) is 9.84. The van der Waals surface area contributed by atoms with Crippen molar-refractivity contribution in [3.8, 4) is 0 Å². The average molecular weight is 215 g/mol. The summed E-state index contributed by atoms with van der Waals surface area (Å²) < 4.78 is 0. The van der Waals surface area contributed by atoms with Crippen LogP contribution < -0.4 is 5.73 Å². The summed E-state index contributed by atoms with van der Waals surface area (Å²) >= 11 is 6.07. The van der Waals surface area contributed by atoms with Gasteiger partial charge in [0, 0.05) is 12.4 Å². The van der Waals surface area contributed by atoms with Crippen LogP contribution in [-0.4, -0.2) is 34.4 Å². The molecule has 1 aromatic heterocycles. The van der Waals surface area contributed by atoms with Gasteiger partial charge in [-0.05, 0) is 0 Å². The van der Waals surface area contributed by atoms with Crippen molar-refractivity contribution in [2.75, 3.05) is 13.6 Å². The van der Waals surface area contributed by atoms with E-state index < -0.39 is 0 Å². The summed E-state index contributed by atoms with van der Waals surface area (Å²) in [5.74, 6) is -0.158. The zero-order valence-electron chi connectivity index (χ0n) is 7.06. The molecule has 0 unspecified atom stereocenters. The smallest absolute Gasteiger partial charge is 0.273 e. The minimum atomic E-state index is -0.158. The summed E-state index contributed by atoms with van der Waals surface area (Å²) in [5.41, 5.74) is 7.35. The monoisotopic (exact) mass is 215 g/mol. The third-order valence-electron chi connectivity index (χ3n) is 1.39. The predicted molar refractivity (Wildman–Crippen MR) is 55.9 cm³/mol. The van der Waals surface area contributed by atoms with Crippen molar-refractivity contribution >= 4 is 34.5 Å². The van der Waals surface area contributed by atoms with Crippen LogP contribution in [0.4, 0.5) is 0 Å². The number of carbonyl (C=O) groups excluding carboxylic acids is 1. The summed E-state index contributed by atoms with van der Waals surface area (Å²) in [5, 5.41) is 1.69. The molecule has 0 saturated carbocycles. The fourth-order valence-electron chi connectivity index (χ4n) is 0.819. The maximum absolute atomic E-state index is 11.5. The van der Waals surface area contributed by atoms with E-state index in [1.54, 1.807) is 17.9 Å². The fourth-order valence-corrected chi connectivity index (χ4v) is 1.54. The van der Waals surface area contributed by atoms with Gasteiger partial charge in [-0.3, -0.25) is 4.79 Å². The van der Waals surface area contributed by atoms with Crippen molar-refractivity contribution in [1.29, 1.82) is 0 Å². The van der Waals surface area contributed by atoms with Gasteiger partial charge in [0.15, 0.2) is 0 Å². The molecule has 1 heterocycles. The standard InChI is InChI=1S/C7H9N3OS2/c1-10(2-6(8)12)7(11)5-3-13-4-9-5/h3-4H,2H2,1H3,(H2,8,12). The van der Waals surface area contributed by atoms with Gasteiger partial charge in [-0.25, -0.2) is 4.98 Å². The van der Waals surface area contributed by atoms with Crippen LogP contribution in [0.2, 0.25) is 0 Å². The molecule has 6 heteroatoms. The van der Waals surface area contributed by atoms with Crippen LogP contribution in [0.1, 0.15) is 10.5 Å². The van der Waals surface area contributed by atoms with Crippen molar-refractivity contribution in [3.05, 3.63) is 16.6 Å². The second-order valence-corrected chi connectivity index (χ2v) is 3.74. The van der Waals surface area contributed by atoms with Crippen molar-refractivity contribution in [2.24, 2.45) is 5.73 Å². The molecule has 0 aromatic carbocycles. The van der Waals surface area contributed by atoms with E-state index in [1.165, 1.54) is 16.2 Å². The number of rotatable bonds is 3. The van der Waals surface area contributed by atoms with E-state index in [0.717, 1.165) is 0 Å². The van der Waals surface area contributed by atoms with Gasteiger partial charge in [-0.15, -0.1) is 11.3 Å². The van der Waals surface area contributed by atoms with E-state index in [-0.39, 0.29) is 12.5 Å². The number of thiazole rings is 1. The summed E-state index contributed by atoms with van der Waals surface area (Å²) in [7, 11) is 1.64. The minimum absolute atomic E-state index is 0.158. The molecule has 70 valence electrons. The highest BCUT2D eigenvalue weighted by Crippen LogP contribution is 2.03. The Kier molecular flexibility index (Phi) is 3.32. The SMILES string of the molecule is CN(CC(N)=S)C(=O)c1cscn1. The summed E-state index contributed by atoms with van der Waals surface area (Å²) in [4.78, 5) is 17.1. The first kappa shape index (κ1) is 10.1. The van der Waals surface area contributed by atoms with Crippen LogP contribution in [-0.2, 0) is 0 Å². The normalized spacial score (nSPS) is 9.62. The molecular weight excluding hydrogens is 206 g/mol. The first-order valence-corrected chi connectivity index (χ1v) is 4.88. The molecule has 13 heavy (non-hydrogen) atoms. The topological polar surface area (TPSA) is 59.2 Å². The van der Waals surface area contributed by atoms with E-state index in [0.29, 0.717) is 10.7 Å². The Balaban J connectivity index is 2.63. The zero-order valence-corrected chi connectivity index (χ0v) is 8.69. The van der Waals surface area contributed by atoms with E-state index in [2.05, 4.69) is 17.2 Å². The number of likely N-dealkylation sites (N-methyl/N-ethyl adjacent to an activating group) is 1. The van der Waals surface area contributed by atoms with Gasteiger partial charge < -0.3 is 10.6 Å². The van der Waals surface area contributed by atoms with Crippen LogP contribution in [0.3, 0.4) is 0 Å². The molecule has 1 aromatic rings. The lowest BCUT2D eigenvalue weighted by molar-refractivity contribution is 0.0810. The first-order valence-electron chi connectivity index (χ1n) is 3.53. The molecule has 1 amide bonds. The highest BCUT2D eigenvalue weighted by atomic mass is 32.1. The lowest BCUT2D eigenvalue weighted by Gasteiger charge is -2.14.